The van der Waals surface area contributed by atoms with E-state index < -0.39 is 0 Å². The number of fused-ring (bicyclic) bond motifs is 8. The van der Waals surface area contributed by atoms with Crippen molar-refractivity contribution < 1.29 is 0 Å². The topological polar surface area (TPSA) is 12.4 Å². The molecule has 1 heterocycles. The van der Waals surface area contributed by atoms with Crippen molar-refractivity contribution in [2.24, 2.45) is 4.99 Å². The molecule has 0 N–H and O–H groups in total. The molecule has 4 aromatic carbocycles. The summed E-state index contributed by atoms with van der Waals surface area (Å²) in [5, 5.41) is 7.44. The maximum absolute atomic E-state index is 4.96. The van der Waals surface area contributed by atoms with Gasteiger partial charge in [0, 0.05) is 15.8 Å². The molecule has 0 radical (unpaired) electrons. The van der Waals surface area contributed by atoms with Crippen LogP contribution >= 0.6 is 0 Å². The Bertz CT molecular complexity index is 1390. The average molecular weight is 303 g/mol. The third kappa shape index (κ3) is 1.42. The number of hydrogen-bond donors (Lipinski definition) is 0. The van der Waals surface area contributed by atoms with Crippen molar-refractivity contribution in [1.29, 1.82) is 0 Å². The van der Waals surface area contributed by atoms with Crippen LogP contribution in [0, 0.1) is 10.4 Å². The first-order valence-electron chi connectivity index (χ1n) is 8.25. The average Bonchev–Trinajstić information content (AvgIpc) is 3.19. The van der Waals surface area contributed by atoms with Crippen LogP contribution in [0.5, 0.6) is 0 Å². The van der Waals surface area contributed by atoms with Crippen molar-refractivity contribution in [3.8, 4) is 11.1 Å². The van der Waals surface area contributed by atoms with Crippen molar-refractivity contribution in [3.63, 3.8) is 0 Å². The highest BCUT2D eigenvalue weighted by Crippen LogP contribution is 2.29. The van der Waals surface area contributed by atoms with Crippen LogP contribution in [0.2, 0.25) is 0 Å². The molecule has 1 heteroatoms. The van der Waals surface area contributed by atoms with E-state index >= 15 is 0 Å². The van der Waals surface area contributed by atoms with Gasteiger partial charge in [-0.25, -0.2) is 4.99 Å². The normalized spacial score (nSPS) is 12.8. The van der Waals surface area contributed by atoms with E-state index in [2.05, 4.69) is 78.9 Å². The van der Waals surface area contributed by atoms with Crippen molar-refractivity contribution in [2.75, 3.05) is 0 Å². The Kier molecular flexibility index (Phi) is 2.15. The van der Waals surface area contributed by atoms with E-state index in [0.29, 0.717) is 0 Å². The molecule has 0 fully saturated rings. The first-order valence-corrected chi connectivity index (χ1v) is 8.25. The lowest BCUT2D eigenvalue weighted by Gasteiger charge is -2.00. The van der Waals surface area contributed by atoms with Crippen LogP contribution in [-0.4, -0.2) is 0 Å². The fourth-order valence-electron chi connectivity index (χ4n) is 4.09. The molecule has 0 saturated heterocycles. The van der Waals surface area contributed by atoms with Crippen LogP contribution in [0.25, 0.3) is 28.0 Å². The number of nitrogens with zero attached hydrogens (tertiary/aromatic N) is 1. The van der Waals surface area contributed by atoms with Crippen molar-refractivity contribution in [1.82, 2.24) is 0 Å². The molecular weight excluding hydrogens is 290 g/mol. The van der Waals surface area contributed by atoms with Gasteiger partial charge in [-0.1, -0.05) is 66.7 Å². The van der Waals surface area contributed by atoms with Crippen LogP contribution in [0.15, 0.2) is 77.8 Å². The van der Waals surface area contributed by atoms with Gasteiger partial charge in [-0.05, 0) is 39.4 Å². The van der Waals surface area contributed by atoms with Gasteiger partial charge >= 0.3 is 0 Å². The van der Waals surface area contributed by atoms with Gasteiger partial charge in [0.25, 0.3) is 0 Å². The summed E-state index contributed by atoms with van der Waals surface area (Å²) >= 11 is 0. The largest absolute Gasteiger partial charge is 0.247 e. The zero-order valence-corrected chi connectivity index (χ0v) is 13.0. The Hall–Kier alpha value is -3.19. The molecule has 0 bridgehead atoms. The molecule has 0 aromatic heterocycles. The lowest BCUT2D eigenvalue weighted by Crippen LogP contribution is -2.06. The number of rotatable bonds is 0. The van der Waals surface area contributed by atoms with Gasteiger partial charge < -0.3 is 0 Å². The first kappa shape index (κ1) is 12.3. The molecule has 0 unspecified atom stereocenters. The van der Waals surface area contributed by atoms with Crippen LogP contribution in [0.3, 0.4) is 0 Å². The summed E-state index contributed by atoms with van der Waals surface area (Å²) in [6, 6.07) is 25.9. The molecular formula is C23H13N. The minimum absolute atomic E-state index is 1.09. The van der Waals surface area contributed by atoms with Crippen LogP contribution < -0.4 is 10.6 Å². The fourth-order valence-corrected chi connectivity index (χ4v) is 4.09. The summed E-state index contributed by atoms with van der Waals surface area (Å²) in [4.78, 5) is 4.96. The van der Waals surface area contributed by atoms with E-state index in [1.165, 1.54) is 43.1 Å². The van der Waals surface area contributed by atoms with Gasteiger partial charge in [-0.2, -0.15) is 0 Å². The summed E-state index contributed by atoms with van der Waals surface area (Å²) in [5.74, 6) is 0. The summed E-state index contributed by atoms with van der Waals surface area (Å²) < 4.78 is 0. The minimum atomic E-state index is 1.09. The second-order valence-electron chi connectivity index (χ2n) is 6.45. The fraction of sp³-hybridized carbons (Fsp3) is 0. The summed E-state index contributed by atoms with van der Waals surface area (Å²) in [6.45, 7) is 0. The lowest BCUT2D eigenvalue weighted by molar-refractivity contribution is 1.41. The molecule has 1 aliphatic heterocycles. The van der Waals surface area contributed by atoms with E-state index in [1.54, 1.807) is 0 Å². The van der Waals surface area contributed by atoms with Crippen LogP contribution in [0.4, 0.5) is 5.69 Å². The number of benzene rings is 4. The second-order valence-corrected chi connectivity index (χ2v) is 6.45. The van der Waals surface area contributed by atoms with Crippen molar-refractivity contribution in [3.05, 3.63) is 99.4 Å². The van der Waals surface area contributed by atoms with Gasteiger partial charge in [-0.15, -0.1) is 0 Å². The van der Waals surface area contributed by atoms with E-state index in [-0.39, 0.29) is 0 Å². The standard InChI is InChI=1S/C23H13N/c1-4-8-17-14(5-1)9-10-19-22-20-13-15-6-2-3-7-16(15)18(20)11-12-21(22)24-23(17)19/h1-13H. The molecule has 6 rings (SSSR count). The predicted octanol–water partition coefficient (Wildman–Crippen LogP) is 4.20. The highest BCUT2D eigenvalue weighted by Gasteiger charge is 2.16. The highest BCUT2D eigenvalue weighted by atomic mass is 14.7. The highest BCUT2D eigenvalue weighted by molar-refractivity contribution is 5.86. The zero-order valence-electron chi connectivity index (χ0n) is 13.0. The van der Waals surface area contributed by atoms with E-state index in [9.17, 15) is 0 Å². The minimum Gasteiger partial charge on any atom is -0.247 e. The summed E-state index contributed by atoms with van der Waals surface area (Å²) in [6.07, 6.45) is 2.31. The maximum Gasteiger partial charge on any atom is 0.0794 e. The Morgan fingerprint density at radius 3 is 2.54 bits per heavy atom. The molecule has 110 valence electrons. The quantitative estimate of drug-likeness (QED) is 0.399. The third-order valence-corrected chi connectivity index (χ3v) is 5.18. The van der Waals surface area contributed by atoms with E-state index in [1.807, 2.05) is 0 Å². The predicted molar refractivity (Wildman–Crippen MR) is 97.5 cm³/mol. The van der Waals surface area contributed by atoms with Crippen LogP contribution in [0.1, 0.15) is 5.56 Å². The summed E-state index contributed by atoms with van der Waals surface area (Å²) in [5.41, 5.74) is 5.03. The third-order valence-electron chi connectivity index (χ3n) is 5.18. The molecule has 2 aliphatic rings. The monoisotopic (exact) mass is 303 g/mol. The molecule has 4 aromatic rings. The Balaban J connectivity index is 1.89. The second kappa shape index (κ2) is 4.21. The van der Waals surface area contributed by atoms with Gasteiger partial charge in [0.1, 0.15) is 0 Å². The molecule has 24 heavy (non-hydrogen) atoms. The zero-order chi connectivity index (χ0) is 15.7. The van der Waals surface area contributed by atoms with Gasteiger partial charge in [0.15, 0.2) is 0 Å². The van der Waals surface area contributed by atoms with Gasteiger partial charge in [0.05, 0.1) is 11.0 Å². The van der Waals surface area contributed by atoms with Gasteiger partial charge in [0.2, 0.25) is 0 Å². The van der Waals surface area contributed by atoms with Crippen molar-refractivity contribution >= 4 is 22.5 Å². The SMILES string of the molecule is C1=c2c(ccc3c2=c2ccc4ccccc4c2=N3)-c2ccccc21. The Morgan fingerprint density at radius 2 is 1.54 bits per heavy atom. The summed E-state index contributed by atoms with van der Waals surface area (Å²) in [7, 11) is 0. The molecule has 1 nitrogen and oxygen atoms in total. The molecule has 1 aliphatic carbocycles. The molecule has 0 spiro atoms. The smallest absolute Gasteiger partial charge is 0.0794 e. The Morgan fingerprint density at radius 1 is 0.667 bits per heavy atom. The first-order chi connectivity index (χ1) is 11.9. The molecule has 0 amide bonds. The lowest BCUT2D eigenvalue weighted by atomic mass is 10.0. The van der Waals surface area contributed by atoms with Crippen molar-refractivity contribution in [2.45, 2.75) is 0 Å². The van der Waals surface area contributed by atoms with E-state index in [4.69, 9.17) is 4.99 Å². The molecule has 0 atom stereocenters. The van der Waals surface area contributed by atoms with Crippen LogP contribution in [-0.2, 0) is 0 Å². The molecule has 0 saturated carbocycles. The number of hydrogen-bond acceptors (Lipinski definition) is 1. The Labute approximate surface area is 138 Å². The maximum atomic E-state index is 4.96. The van der Waals surface area contributed by atoms with Gasteiger partial charge in [-0.3, -0.25) is 0 Å². The van der Waals surface area contributed by atoms with E-state index in [0.717, 1.165) is 11.0 Å².